The van der Waals surface area contributed by atoms with Crippen molar-refractivity contribution >= 4 is 47.4 Å². The minimum atomic E-state index is 0.643. The third kappa shape index (κ3) is 5.20. The molecule has 0 unspecified atom stereocenters. The second-order valence-electron chi connectivity index (χ2n) is 4.17. The molecule has 0 aromatic carbocycles. The van der Waals surface area contributed by atoms with Crippen LogP contribution >= 0.6 is 22.7 Å². The van der Waals surface area contributed by atoms with Gasteiger partial charge in [0.05, 0.1) is 0 Å². The van der Waals surface area contributed by atoms with Gasteiger partial charge >= 0.3 is 0 Å². The second kappa shape index (κ2) is 9.28. The first-order valence-electron chi connectivity index (χ1n) is 7.11. The molecule has 0 aliphatic carbocycles. The van der Waals surface area contributed by atoms with Crippen molar-refractivity contribution < 1.29 is 8.85 Å². The molecule has 0 saturated heterocycles. The van der Waals surface area contributed by atoms with Crippen molar-refractivity contribution in [3.63, 3.8) is 0 Å². The first-order valence-corrected chi connectivity index (χ1v) is 8.74. The lowest BCUT2D eigenvalue weighted by atomic mass is 10.3. The standard InChI is InChI=1S/C18H18O2S2/c1-3-19-13-5-7-15-9-11-17(21-15)18-12-10-16(22-18)8-6-14-20-4-2/h5-12H,3-4H2,1-2H3/b7-5+,8-6+. The summed E-state index contributed by atoms with van der Waals surface area (Å²) < 4.78 is 10.1. The van der Waals surface area contributed by atoms with Crippen molar-refractivity contribution in [1.82, 2.24) is 0 Å². The van der Waals surface area contributed by atoms with Gasteiger partial charge in [0.25, 0.3) is 0 Å². The highest BCUT2D eigenvalue weighted by atomic mass is 32.1. The highest BCUT2D eigenvalue weighted by molar-refractivity contribution is 7.22. The third-order valence-electron chi connectivity index (χ3n) is 2.58. The van der Waals surface area contributed by atoms with E-state index < -0.39 is 0 Å². The Hall–Kier alpha value is -1.78. The monoisotopic (exact) mass is 330 g/mol. The molecule has 0 aliphatic rings. The van der Waals surface area contributed by atoms with Crippen LogP contribution in [0, 0.1) is 0 Å². The maximum Gasteiger partial charge on any atom is 0.236 e. The first kappa shape index (κ1) is 16.6. The van der Waals surface area contributed by atoms with E-state index in [4.69, 9.17) is 8.85 Å². The van der Waals surface area contributed by atoms with Crippen LogP contribution in [0.15, 0.2) is 36.4 Å². The zero-order valence-electron chi connectivity index (χ0n) is 12.7. The van der Waals surface area contributed by atoms with Gasteiger partial charge in [0.1, 0.15) is 0 Å². The molecule has 0 bridgehead atoms. The van der Waals surface area contributed by atoms with E-state index in [9.17, 15) is 0 Å². The molecule has 0 spiro atoms. The molecule has 2 aromatic rings. The maximum atomic E-state index is 5.05. The van der Waals surface area contributed by atoms with Crippen molar-refractivity contribution in [1.29, 1.82) is 0 Å². The predicted octanol–water partition coefficient (Wildman–Crippen LogP) is 4.83. The Labute approximate surface area is 139 Å². The van der Waals surface area contributed by atoms with E-state index in [2.05, 4.69) is 36.8 Å². The van der Waals surface area contributed by atoms with Crippen LogP contribution in [-0.4, -0.2) is 25.8 Å². The Kier molecular flexibility index (Phi) is 7.00. The first-order chi connectivity index (χ1) is 10.8. The molecule has 2 heterocycles. The number of rotatable bonds is 7. The molecular formula is C18H18O2S2. The van der Waals surface area contributed by atoms with E-state index >= 15 is 0 Å². The van der Waals surface area contributed by atoms with Crippen molar-refractivity contribution in [3.05, 3.63) is 46.2 Å². The van der Waals surface area contributed by atoms with E-state index in [0.717, 1.165) is 0 Å². The Morgan fingerprint density at radius 2 is 1.27 bits per heavy atom. The second-order valence-corrected chi connectivity index (χ2v) is 6.40. The summed E-state index contributed by atoms with van der Waals surface area (Å²) in [6.45, 7) is 5.17. The van der Waals surface area contributed by atoms with Crippen LogP contribution in [0.25, 0.3) is 21.9 Å². The van der Waals surface area contributed by atoms with Gasteiger partial charge in [0.2, 0.25) is 25.8 Å². The van der Waals surface area contributed by atoms with Crippen LogP contribution in [0.4, 0.5) is 0 Å². The van der Waals surface area contributed by atoms with Gasteiger partial charge in [-0.3, -0.25) is 0 Å². The molecule has 0 aliphatic heterocycles. The summed E-state index contributed by atoms with van der Waals surface area (Å²) in [5, 5.41) is 0. The Morgan fingerprint density at radius 3 is 1.68 bits per heavy atom. The lowest BCUT2D eigenvalue weighted by Crippen LogP contribution is -1.74. The number of carbonyl (C=O) groups excluding carboxylic acids is 2. The minimum Gasteiger partial charge on any atom is -0.353 e. The lowest BCUT2D eigenvalue weighted by molar-refractivity contribution is 0.124. The summed E-state index contributed by atoms with van der Waals surface area (Å²) in [6, 6.07) is 8.50. The summed E-state index contributed by atoms with van der Waals surface area (Å²) in [5.74, 6) is 0. The van der Waals surface area contributed by atoms with Gasteiger partial charge in [-0.1, -0.05) is 21.9 Å². The zero-order valence-corrected chi connectivity index (χ0v) is 14.3. The molecule has 0 N–H and O–H groups in total. The van der Waals surface area contributed by atoms with Crippen LogP contribution in [-0.2, 0) is 8.85 Å². The molecule has 2 aromatic heterocycles. The molecule has 0 fully saturated rings. The van der Waals surface area contributed by atoms with Crippen LogP contribution in [0.3, 0.4) is 0 Å². The predicted molar refractivity (Wildman–Crippen MR) is 98.2 cm³/mol. The number of hydrogen-bond donors (Lipinski definition) is 0. The highest BCUT2D eigenvalue weighted by Crippen LogP contribution is 2.34. The number of allylic oxidation sites excluding steroid dienone is 2. The van der Waals surface area contributed by atoms with Crippen LogP contribution in [0.5, 0.6) is 0 Å². The third-order valence-corrected chi connectivity index (χ3v) is 4.88. The molecular weight excluding hydrogens is 312 g/mol. The molecule has 4 heteroatoms. The molecule has 0 radical (unpaired) electrons. The minimum absolute atomic E-state index is 0.643. The summed E-state index contributed by atoms with van der Waals surface area (Å²) in [4.78, 5) is 4.90. The van der Waals surface area contributed by atoms with E-state index in [1.165, 1.54) is 19.5 Å². The van der Waals surface area contributed by atoms with Gasteiger partial charge < -0.3 is 8.85 Å². The largest absolute Gasteiger partial charge is 0.353 e. The maximum absolute atomic E-state index is 5.05. The molecule has 114 valence electrons. The van der Waals surface area contributed by atoms with E-state index in [1.54, 1.807) is 34.8 Å². The van der Waals surface area contributed by atoms with Crippen molar-refractivity contribution in [2.24, 2.45) is 0 Å². The van der Waals surface area contributed by atoms with Crippen molar-refractivity contribution in [2.45, 2.75) is 13.8 Å². The lowest BCUT2D eigenvalue weighted by Gasteiger charge is -1.91. The highest BCUT2D eigenvalue weighted by Gasteiger charge is 2.01. The normalized spacial score (nSPS) is 12.6. The van der Waals surface area contributed by atoms with Crippen molar-refractivity contribution in [3.8, 4) is 9.75 Å². The average molecular weight is 330 g/mol. The van der Waals surface area contributed by atoms with Gasteiger partial charge in [0, 0.05) is 23.6 Å². The van der Waals surface area contributed by atoms with Crippen molar-refractivity contribution in [2.75, 3.05) is 13.2 Å². The van der Waals surface area contributed by atoms with Crippen LogP contribution in [0.1, 0.15) is 23.6 Å². The molecule has 0 saturated carbocycles. The molecule has 2 nitrogen and oxygen atoms in total. The Balaban J connectivity index is 2.03. The van der Waals surface area contributed by atoms with Gasteiger partial charge in [-0.25, -0.2) is 0 Å². The van der Waals surface area contributed by atoms with Crippen LogP contribution in [0.2, 0.25) is 0 Å². The van der Waals surface area contributed by atoms with E-state index in [1.807, 2.05) is 26.0 Å². The molecule has 0 amide bonds. The van der Waals surface area contributed by atoms with E-state index in [0.29, 0.717) is 13.2 Å². The number of hydrogen-bond acceptors (Lipinski definition) is 2. The molecule has 2 rings (SSSR count). The van der Waals surface area contributed by atoms with Gasteiger partial charge in [-0.2, -0.15) is 34.8 Å². The van der Waals surface area contributed by atoms with Gasteiger partial charge in [-0.15, -0.1) is 12.2 Å². The fraction of sp³-hybridized carbons (Fsp3) is 0.222. The smallest absolute Gasteiger partial charge is 0.236 e. The van der Waals surface area contributed by atoms with Gasteiger partial charge in [-0.05, 0) is 12.1 Å². The Bertz CT molecular complexity index is 627. The zero-order chi connectivity index (χ0) is 15.6. The van der Waals surface area contributed by atoms with Crippen LogP contribution < -0.4 is 0 Å². The SMILES string of the molecule is CC[O+]=[C-]/C=C/c1ccc(-c2ccc(/C=C/[C-]=[O+]CC)s2)s1. The van der Waals surface area contributed by atoms with Gasteiger partial charge in [0.15, 0.2) is 0 Å². The fourth-order valence-corrected chi connectivity index (χ4v) is 3.56. The topological polar surface area (TPSA) is 22.6 Å². The molecule has 22 heavy (non-hydrogen) atoms. The summed E-state index contributed by atoms with van der Waals surface area (Å²) in [6.07, 6.45) is 13.2. The summed E-state index contributed by atoms with van der Waals surface area (Å²) in [7, 11) is 0. The quantitative estimate of drug-likeness (QED) is 0.394. The Morgan fingerprint density at radius 1 is 0.818 bits per heavy atom. The summed E-state index contributed by atoms with van der Waals surface area (Å²) in [5.41, 5.74) is 0. The summed E-state index contributed by atoms with van der Waals surface area (Å²) >= 11 is 3.51. The molecule has 0 atom stereocenters. The number of thiophene rings is 2. The fourth-order valence-electron chi connectivity index (χ4n) is 1.64. The van der Waals surface area contributed by atoms with E-state index in [-0.39, 0.29) is 0 Å². The average Bonchev–Trinajstić information content (AvgIpc) is 3.17.